The smallest absolute Gasteiger partial charge is 0.410 e. The molecule has 2 saturated heterocycles. The van der Waals surface area contributed by atoms with Crippen LogP contribution in [0.3, 0.4) is 0 Å². The van der Waals surface area contributed by atoms with Crippen LogP contribution in [0.5, 0.6) is 0 Å². The van der Waals surface area contributed by atoms with E-state index in [4.69, 9.17) is 14.2 Å². The minimum atomic E-state index is -3.68. The summed E-state index contributed by atoms with van der Waals surface area (Å²) < 4.78 is 47.3. The van der Waals surface area contributed by atoms with Crippen LogP contribution in [0.4, 0.5) is 9.59 Å². The lowest BCUT2D eigenvalue weighted by atomic mass is 10.1. The van der Waals surface area contributed by atoms with Gasteiger partial charge >= 0.3 is 24.1 Å². The first kappa shape index (κ1) is 38.8. The van der Waals surface area contributed by atoms with Crippen LogP contribution < -0.4 is 5.32 Å². The summed E-state index contributed by atoms with van der Waals surface area (Å²) in [6.45, 7) is 12.8. The van der Waals surface area contributed by atoms with Crippen molar-refractivity contribution in [3.8, 4) is 0 Å². The molecule has 0 radical (unpaired) electrons. The van der Waals surface area contributed by atoms with Gasteiger partial charge < -0.3 is 34.1 Å². The number of hydrogen-bond donors (Lipinski definition) is 1. The highest BCUT2D eigenvalue weighted by Crippen LogP contribution is 2.22. The number of methoxy groups -OCH3 is 2. The van der Waals surface area contributed by atoms with Crippen molar-refractivity contribution in [1.29, 1.82) is 0 Å². The lowest BCUT2D eigenvalue weighted by Gasteiger charge is -2.40. The van der Waals surface area contributed by atoms with Crippen molar-refractivity contribution in [2.75, 3.05) is 53.5 Å². The van der Waals surface area contributed by atoms with E-state index in [1.54, 1.807) is 49.9 Å². The maximum absolute atomic E-state index is 13.0. The minimum Gasteiger partial charge on any atom is -0.469 e. The van der Waals surface area contributed by atoms with Crippen LogP contribution in [0.25, 0.3) is 0 Å². The molecular weight excluding hydrogens is 620 g/mol. The lowest BCUT2D eigenvalue weighted by molar-refractivity contribution is -0.142. The zero-order chi connectivity index (χ0) is 34.7. The van der Waals surface area contributed by atoms with Crippen molar-refractivity contribution in [2.45, 2.75) is 83.4 Å². The van der Waals surface area contributed by atoms with Gasteiger partial charge in [-0.25, -0.2) is 18.0 Å². The molecule has 2 aliphatic rings. The van der Waals surface area contributed by atoms with Crippen molar-refractivity contribution >= 4 is 34.1 Å². The van der Waals surface area contributed by atoms with Crippen molar-refractivity contribution in [1.82, 2.24) is 19.4 Å². The summed E-state index contributed by atoms with van der Waals surface area (Å²) in [4.78, 5) is 50.3. The number of sulfonamides is 1. The SMILES string of the molecule is COC(=O)CC1CN(C(=O)OC(C)(C)C)CCN1.COC(=O)CC1CN(C(=O)OC(C)(C)C)CCN1S(=O)(=O)Cc1ccccc1. The van der Waals surface area contributed by atoms with Gasteiger partial charge in [-0.1, -0.05) is 30.3 Å². The highest BCUT2D eigenvalue weighted by molar-refractivity contribution is 7.88. The normalized spacial score (nSPS) is 19.3. The van der Waals surface area contributed by atoms with Crippen molar-refractivity contribution in [3.63, 3.8) is 0 Å². The molecule has 1 aromatic rings. The van der Waals surface area contributed by atoms with Crippen LogP contribution in [-0.2, 0) is 44.3 Å². The first-order valence-electron chi connectivity index (χ1n) is 15.2. The van der Waals surface area contributed by atoms with E-state index in [1.165, 1.54) is 23.4 Å². The van der Waals surface area contributed by atoms with Crippen LogP contribution in [-0.4, -0.2) is 123 Å². The molecule has 0 saturated carbocycles. The molecule has 15 heteroatoms. The summed E-state index contributed by atoms with van der Waals surface area (Å²) in [5.41, 5.74) is -0.500. The van der Waals surface area contributed by atoms with E-state index in [1.807, 2.05) is 26.8 Å². The average Bonchev–Trinajstić information content (AvgIpc) is 2.96. The van der Waals surface area contributed by atoms with Gasteiger partial charge in [-0.2, -0.15) is 4.31 Å². The maximum Gasteiger partial charge on any atom is 0.410 e. The zero-order valence-corrected chi connectivity index (χ0v) is 29.1. The third-order valence-electron chi connectivity index (χ3n) is 6.81. The number of esters is 2. The molecule has 0 bridgehead atoms. The van der Waals surface area contributed by atoms with Gasteiger partial charge in [0.05, 0.1) is 38.9 Å². The first-order chi connectivity index (χ1) is 21.3. The van der Waals surface area contributed by atoms with Crippen molar-refractivity contribution in [2.24, 2.45) is 0 Å². The van der Waals surface area contributed by atoms with E-state index in [0.29, 0.717) is 25.2 Å². The van der Waals surface area contributed by atoms with Gasteiger partial charge in [0.15, 0.2) is 0 Å². The molecule has 260 valence electrons. The molecule has 14 nitrogen and oxygen atoms in total. The van der Waals surface area contributed by atoms with E-state index in [9.17, 15) is 27.6 Å². The number of amides is 2. The van der Waals surface area contributed by atoms with E-state index in [0.717, 1.165) is 0 Å². The summed E-state index contributed by atoms with van der Waals surface area (Å²) in [6, 6.07) is 8.07. The van der Waals surface area contributed by atoms with Gasteiger partial charge in [0.2, 0.25) is 10.0 Å². The molecule has 2 aliphatic heterocycles. The maximum atomic E-state index is 13.0. The van der Waals surface area contributed by atoms with Gasteiger partial charge in [-0.15, -0.1) is 0 Å². The first-order valence-corrected chi connectivity index (χ1v) is 16.8. The van der Waals surface area contributed by atoms with Gasteiger partial charge in [0.25, 0.3) is 0 Å². The van der Waals surface area contributed by atoms with Gasteiger partial charge in [0.1, 0.15) is 11.2 Å². The van der Waals surface area contributed by atoms with Gasteiger partial charge in [-0.3, -0.25) is 9.59 Å². The number of ether oxygens (including phenoxy) is 4. The second-order valence-electron chi connectivity index (χ2n) is 13.1. The molecule has 1 N–H and O–H groups in total. The quantitative estimate of drug-likeness (QED) is 0.336. The number of nitrogens with one attached hydrogen (secondary N) is 1. The monoisotopic (exact) mass is 670 g/mol. The largest absolute Gasteiger partial charge is 0.469 e. The molecule has 0 spiro atoms. The average molecular weight is 671 g/mol. The summed E-state index contributed by atoms with van der Waals surface area (Å²) in [6.07, 6.45) is -0.735. The molecule has 2 heterocycles. The van der Waals surface area contributed by atoms with Crippen LogP contribution in [0.15, 0.2) is 30.3 Å². The molecule has 46 heavy (non-hydrogen) atoms. The fourth-order valence-electron chi connectivity index (χ4n) is 4.75. The third-order valence-corrected chi connectivity index (χ3v) is 8.70. The zero-order valence-electron chi connectivity index (χ0n) is 28.2. The molecule has 3 rings (SSSR count). The molecule has 2 atom stereocenters. The minimum absolute atomic E-state index is 0.0675. The predicted octanol–water partition coefficient (Wildman–Crippen LogP) is 2.76. The second-order valence-corrected chi connectivity index (χ2v) is 15.0. The Morgan fingerprint density at radius 1 is 0.783 bits per heavy atom. The van der Waals surface area contributed by atoms with E-state index < -0.39 is 39.3 Å². The van der Waals surface area contributed by atoms with Crippen LogP contribution in [0.2, 0.25) is 0 Å². The Balaban J connectivity index is 0.000000353. The Kier molecular flexibility index (Phi) is 14.3. The molecule has 0 aromatic heterocycles. The van der Waals surface area contributed by atoms with E-state index in [2.05, 4.69) is 10.1 Å². The Labute approximate surface area is 272 Å². The summed E-state index contributed by atoms with van der Waals surface area (Å²) in [7, 11) is -1.07. The fraction of sp³-hybridized carbons (Fsp3) is 0.677. The lowest BCUT2D eigenvalue weighted by Crippen LogP contribution is -2.57. The van der Waals surface area contributed by atoms with Crippen LogP contribution in [0, 0.1) is 0 Å². The Hall–Kier alpha value is -3.43. The molecular formula is C31H50N4O10S. The van der Waals surface area contributed by atoms with Gasteiger partial charge in [-0.05, 0) is 47.1 Å². The Morgan fingerprint density at radius 2 is 1.30 bits per heavy atom. The summed E-state index contributed by atoms with van der Waals surface area (Å²) in [5.74, 6) is -0.979. The van der Waals surface area contributed by atoms with E-state index >= 15 is 0 Å². The number of rotatable bonds is 7. The standard InChI is InChI=1S/C19H28N2O6S.C12H22N2O4/c1-19(2,3)27-18(23)20-10-11-21(16(13-20)12-17(22)26-4)28(24,25)14-15-8-6-5-7-9-15;1-12(2,3)18-11(16)14-6-5-13-9(8-14)7-10(15)17-4/h5-9,16H,10-14H2,1-4H3;9,13H,5-8H2,1-4H3. The van der Waals surface area contributed by atoms with Gasteiger partial charge in [0, 0.05) is 45.3 Å². The molecule has 2 fully saturated rings. The Morgan fingerprint density at radius 3 is 1.83 bits per heavy atom. The topological polar surface area (TPSA) is 161 Å². The van der Waals surface area contributed by atoms with Crippen LogP contribution in [0.1, 0.15) is 59.9 Å². The molecule has 2 amide bonds. The third kappa shape index (κ3) is 13.5. The summed E-state index contributed by atoms with van der Waals surface area (Å²) in [5, 5.41) is 3.18. The predicted molar refractivity (Wildman–Crippen MR) is 170 cm³/mol. The molecule has 1 aromatic carbocycles. The molecule has 2 unspecified atom stereocenters. The van der Waals surface area contributed by atoms with E-state index in [-0.39, 0.29) is 56.3 Å². The van der Waals surface area contributed by atoms with Crippen LogP contribution >= 0.6 is 0 Å². The fourth-order valence-corrected chi connectivity index (χ4v) is 6.48. The summed E-state index contributed by atoms with van der Waals surface area (Å²) >= 11 is 0. The number of benzene rings is 1. The number of carbonyl (C=O) groups excluding carboxylic acids is 4. The molecule has 0 aliphatic carbocycles. The van der Waals surface area contributed by atoms with Crippen molar-refractivity contribution in [3.05, 3.63) is 35.9 Å². The second kappa shape index (κ2) is 16.9. The highest BCUT2D eigenvalue weighted by Gasteiger charge is 2.39. The highest BCUT2D eigenvalue weighted by atomic mass is 32.2. The Bertz CT molecular complexity index is 1280. The van der Waals surface area contributed by atoms with Crippen molar-refractivity contribution < 1.29 is 46.5 Å². The number of nitrogens with zero attached hydrogens (tertiary/aromatic N) is 3. The number of hydrogen-bond acceptors (Lipinski definition) is 11. The number of carbonyl (C=O) groups is 4. The number of piperazine rings is 2.